The Morgan fingerprint density at radius 3 is 2.67 bits per heavy atom. The zero-order valence-corrected chi connectivity index (χ0v) is 15.2. The third kappa shape index (κ3) is 3.56. The lowest BCUT2D eigenvalue weighted by Crippen LogP contribution is -2.50. The van der Waals surface area contributed by atoms with Gasteiger partial charge in [-0.05, 0) is 43.6 Å². The number of hydrogen-bond donors (Lipinski definition) is 2. The zero-order chi connectivity index (χ0) is 18.7. The summed E-state index contributed by atoms with van der Waals surface area (Å²) in [5.74, 6) is 0.534. The molecule has 0 spiro atoms. The number of amides is 1. The van der Waals surface area contributed by atoms with Crippen LogP contribution in [0, 0.1) is 5.41 Å². The summed E-state index contributed by atoms with van der Waals surface area (Å²) in [7, 11) is 0. The Kier molecular flexibility index (Phi) is 4.87. The normalized spacial score (nSPS) is 17.1. The molecule has 1 aliphatic rings. The quantitative estimate of drug-likeness (QED) is 0.722. The van der Waals surface area contributed by atoms with Crippen molar-refractivity contribution in [3.8, 4) is 0 Å². The molecular formula is C20H24N6O. The van der Waals surface area contributed by atoms with Crippen molar-refractivity contribution < 1.29 is 4.79 Å². The van der Waals surface area contributed by atoms with E-state index in [1.807, 2.05) is 18.2 Å². The maximum absolute atomic E-state index is 13.0. The molecule has 7 heteroatoms. The number of carbonyl (C=O) groups is 1. The largest absolute Gasteiger partial charge is 0.329 e. The summed E-state index contributed by atoms with van der Waals surface area (Å²) >= 11 is 0. The number of imidazole rings is 1. The average Bonchev–Trinajstić information content (AvgIpc) is 3.12. The molecule has 27 heavy (non-hydrogen) atoms. The Labute approximate surface area is 158 Å². The first-order valence-corrected chi connectivity index (χ1v) is 9.27. The van der Waals surface area contributed by atoms with E-state index in [9.17, 15) is 4.79 Å². The summed E-state index contributed by atoms with van der Waals surface area (Å²) in [5, 5.41) is 7.24. The third-order valence-electron chi connectivity index (χ3n) is 5.45. The number of nitrogens with zero attached hydrogens (tertiary/aromatic N) is 4. The fraction of sp³-hybridized carbons (Fsp3) is 0.350. The van der Waals surface area contributed by atoms with Crippen LogP contribution in [0.2, 0.25) is 0 Å². The Morgan fingerprint density at radius 1 is 1.15 bits per heavy atom. The number of carbonyl (C=O) groups excluding carboxylic acids is 1. The first kappa shape index (κ1) is 17.6. The molecule has 3 N–H and O–H groups in total. The lowest BCUT2D eigenvalue weighted by Gasteiger charge is -2.39. The molecule has 0 bridgehead atoms. The molecule has 3 aromatic rings. The standard InChI is InChI=1S/C20H24N6O/c21-15-20(8-11-25(12-9-20)14-16-5-2-1-3-6-16)19(27)24-18-13-22-17-7-4-10-23-26(17)18/h1-7,10,13H,8-9,11-12,14-15,21H2,(H,24,27). The van der Waals surface area contributed by atoms with Gasteiger partial charge in [0.1, 0.15) is 0 Å². The molecule has 1 amide bonds. The lowest BCUT2D eigenvalue weighted by molar-refractivity contribution is -0.127. The van der Waals surface area contributed by atoms with Crippen molar-refractivity contribution in [2.24, 2.45) is 11.1 Å². The smallest absolute Gasteiger partial charge is 0.233 e. The summed E-state index contributed by atoms with van der Waals surface area (Å²) in [4.78, 5) is 19.7. The van der Waals surface area contributed by atoms with Gasteiger partial charge < -0.3 is 11.1 Å². The number of piperidine rings is 1. The minimum absolute atomic E-state index is 0.0446. The second-order valence-electron chi connectivity index (χ2n) is 7.14. The van der Waals surface area contributed by atoms with Crippen molar-refractivity contribution in [3.05, 3.63) is 60.4 Å². The van der Waals surface area contributed by atoms with Crippen molar-refractivity contribution in [1.82, 2.24) is 19.5 Å². The Bertz CT molecular complexity index is 914. The van der Waals surface area contributed by atoms with E-state index in [1.165, 1.54) is 5.56 Å². The van der Waals surface area contributed by atoms with Crippen LogP contribution < -0.4 is 11.1 Å². The molecule has 1 aliphatic heterocycles. The molecule has 1 fully saturated rings. The summed E-state index contributed by atoms with van der Waals surface area (Å²) in [6, 6.07) is 14.1. The highest BCUT2D eigenvalue weighted by atomic mass is 16.2. The van der Waals surface area contributed by atoms with Crippen LogP contribution in [0.3, 0.4) is 0 Å². The lowest BCUT2D eigenvalue weighted by atomic mass is 9.77. The average molecular weight is 364 g/mol. The van der Waals surface area contributed by atoms with Crippen LogP contribution >= 0.6 is 0 Å². The molecule has 0 radical (unpaired) electrons. The number of fused-ring (bicyclic) bond motifs is 1. The molecule has 7 nitrogen and oxygen atoms in total. The third-order valence-corrected chi connectivity index (χ3v) is 5.45. The van der Waals surface area contributed by atoms with Crippen LogP contribution in [0.5, 0.6) is 0 Å². The number of nitrogens with two attached hydrogens (primary N) is 1. The van der Waals surface area contributed by atoms with Gasteiger partial charge in [0.05, 0.1) is 11.6 Å². The SMILES string of the molecule is NCC1(C(=O)Nc2cnc3cccnn23)CCN(Cc2ccccc2)CC1. The van der Waals surface area contributed by atoms with Crippen LogP contribution in [0.25, 0.3) is 5.65 Å². The molecule has 1 saturated heterocycles. The van der Waals surface area contributed by atoms with Crippen molar-refractivity contribution in [2.45, 2.75) is 19.4 Å². The Morgan fingerprint density at radius 2 is 1.93 bits per heavy atom. The van der Waals surface area contributed by atoms with E-state index in [2.05, 4.69) is 44.6 Å². The van der Waals surface area contributed by atoms with Gasteiger partial charge in [0.15, 0.2) is 11.5 Å². The number of anilines is 1. The van der Waals surface area contributed by atoms with Crippen LogP contribution in [0.15, 0.2) is 54.9 Å². The van der Waals surface area contributed by atoms with Gasteiger partial charge in [-0.25, -0.2) is 4.98 Å². The maximum atomic E-state index is 13.0. The molecule has 0 atom stereocenters. The number of likely N-dealkylation sites (tertiary alicyclic amines) is 1. The van der Waals surface area contributed by atoms with Crippen molar-refractivity contribution in [1.29, 1.82) is 0 Å². The highest BCUT2D eigenvalue weighted by Crippen LogP contribution is 2.32. The Hall–Kier alpha value is -2.77. The van der Waals surface area contributed by atoms with E-state index in [1.54, 1.807) is 16.9 Å². The Balaban J connectivity index is 1.43. The van der Waals surface area contributed by atoms with Crippen LogP contribution in [-0.2, 0) is 11.3 Å². The first-order chi connectivity index (χ1) is 13.2. The van der Waals surface area contributed by atoms with E-state index < -0.39 is 5.41 Å². The minimum Gasteiger partial charge on any atom is -0.329 e. The molecule has 3 heterocycles. The minimum atomic E-state index is -0.549. The second kappa shape index (κ2) is 7.46. The van der Waals surface area contributed by atoms with Crippen molar-refractivity contribution in [3.63, 3.8) is 0 Å². The number of aromatic nitrogens is 3. The fourth-order valence-electron chi connectivity index (χ4n) is 3.67. The fourth-order valence-corrected chi connectivity index (χ4v) is 3.67. The van der Waals surface area contributed by atoms with Crippen molar-refractivity contribution in [2.75, 3.05) is 25.0 Å². The van der Waals surface area contributed by atoms with Gasteiger partial charge in [0.25, 0.3) is 0 Å². The number of rotatable bonds is 5. The summed E-state index contributed by atoms with van der Waals surface area (Å²) in [6.07, 6.45) is 4.79. The van der Waals surface area contributed by atoms with Gasteiger partial charge in [-0.2, -0.15) is 9.61 Å². The maximum Gasteiger partial charge on any atom is 0.233 e. The topological polar surface area (TPSA) is 88.5 Å². The molecule has 0 unspecified atom stereocenters. The highest BCUT2D eigenvalue weighted by Gasteiger charge is 2.40. The zero-order valence-electron chi connectivity index (χ0n) is 15.2. The predicted molar refractivity (Wildman–Crippen MR) is 104 cm³/mol. The summed E-state index contributed by atoms with van der Waals surface area (Å²) in [5.41, 5.74) is 7.50. The molecule has 140 valence electrons. The molecule has 2 aromatic heterocycles. The second-order valence-corrected chi connectivity index (χ2v) is 7.14. The van der Waals surface area contributed by atoms with E-state index in [-0.39, 0.29) is 5.91 Å². The number of benzene rings is 1. The van der Waals surface area contributed by atoms with Crippen LogP contribution in [0.4, 0.5) is 5.82 Å². The van der Waals surface area contributed by atoms with Gasteiger partial charge in [0, 0.05) is 19.3 Å². The summed E-state index contributed by atoms with van der Waals surface area (Å²) < 4.78 is 1.63. The molecule has 0 aliphatic carbocycles. The molecule has 1 aromatic carbocycles. The molecular weight excluding hydrogens is 340 g/mol. The van der Waals surface area contributed by atoms with Gasteiger partial charge in [0.2, 0.25) is 5.91 Å². The van der Waals surface area contributed by atoms with E-state index >= 15 is 0 Å². The predicted octanol–water partition coefficient (Wildman–Crippen LogP) is 1.91. The van der Waals surface area contributed by atoms with Gasteiger partial charge in [-0.3, -0.25) is 9.69 Å². The van der Waals surface area contributed by atoms with Gasteiger partial charge in [-0.15, -0.1) is 0 Å². The first-order valence-electron chi connectivity index (χ1n) is 9.27. The highest BCUT2D eigenvalue weighted by molar-refractivity contribution is 5.95. The monoisotopic (exact) mass is 364 g/mol. The van der Waals surface area contributed by atoms with Gasteiger partial charge in [-0.1, -0.05) is 30.3 Å². The van der Waals surface area contributed by atoms with E-state index in [0.29, 0.717) is 18.0 Å². The molecule has 4 rings (SSSR count). The van der Waals surface area contributed by atoms with Gasteiger partial charge >= 0.3 is 0 Å². The molecule has 0 saturated carbocycles. The van der Waals surface area contributed by atoms with E-state index in [0.717, 1.165) is 32.5 Å². The number of nitrogens with one attached hydrogen (secondary N) is 1. The van der Waals surface area contributed by atoms with E-state index in [4.69, 9.17) is 5.73 Å². The number of hydrogen-bond acceptors (Lipinski definition) is 5. The van der Waals surface area contributed by atoms with Crippen LogP contribution in [-0.4, -0.2) is 45.0 Å². The summed E-state index contributed by atoms with van der Waals surface area (Å²) in [6.45, 7) is 2.94. The van der Waals surface area contributed by atoms with Crippen molar-refractivity contribution >= 4 is 17.4 Å². The van der Waals surface area contributed by atoms with Crippen LogP contribution in [0.1, 0.15) is 18.4 Å².